The Morgan fingerprint density at radius 2 is 0.712 bits per heavy atom. The van der Waals surface area contributed by atoms with Crippen molar-refractivity contribution in [3.8, 4) is 34.4 Å². The first kappa shape index (κ1) is 42.2. The van der Waals surface area contributed by atoms with E-state index in [-0.39, 0.29) is 0 Å². The molecule has 0 unspecified atom stereocenters. The van der Waals surface area contributed by atoms with Crippen LogP contribution in [-0.2, 0) is 0 Å². The number of nitriles is 2. The highest BCUT2D eigenvalue weighted by Crippen LogP contribution is 2.50. The standard InChI is InChI=1S/C60H50N4Si2/c1-65(2,3)49-27-23-47(24-28-49)63(57-33-17-41(39-61)37-53(57)43-13-9-7-10-14-43)55-35-21-45-20-32-52-56(36-22-46-19-31-51(55)59(45)60(46)52)64(48-25-29-50(30-26-48)66(4,5)6)58-34-18-42(40-62)38-54(58)44-15-11-8-12-16-44/h7-38H,1-6H3. The monoisotopic (exact) mass is 882 g/mol. The Kier molecular flexibility index (Phi) is 10.7. The van der Waals surface area contributed by atoms with Gasteiger partial charge in [0.2, 0.25) is 0 Å². The minimum Gasteiger partial charge on any atom is -0.309 e. The summed E-state index contributed by atoms with van der Waals surface area (Å²) >= 11 is 0. The molecule has 0 aromatic heterocycles. The van der Waals surface area contributed by atoms with Gasteiger partial charge in [0.15, 0.2) is 0 Å². The van der Waals surface area contributed by atoms with E-state index in [1.54, 1.807) is 0 Å². The predicted octanol–water partition coefficient (Wildman–Crippen LogP) is 15.7. The van der Waals surface area contributed by atoms with Crippen molar-refractivity contribution >= 4 is 93.0 Å². The molecule has 0 heterocycles. The van der Waals surface area contributed by atoms with Gasteiger partial charge in [0, 0.05) is 33.3 Å². The van der Waals surface area contributed by atoms with E-state index >= 15 is 0 Å². The number of rotatable bonds is 10. The van der Waals surface area contributed by atoms with Crippen molar-refractivity contribution in [2.75, 3.05) is 9.80 Å². The highest BCUT2D eigenvalue weighted by Gasteiger charge is 2.26. The Bertz CT molecular complexity index is 3270. The van der Waals surface area contributed by atoms with Crippen LogP contribution in [0.1, 0.15) is 11.1 Å². The fraction of sp³-hybridized carbons (Fsp3) is 0.100. The second-order valence-corrected chi connectivity index (χ2v) is 29.4. The lowest BCUT2D eigenvalue weighted by molar-refractivity contribution is 1.29. The summed E-state index contributed by atoms with van der Waals surface area (Å²) in [6.45, 7) is 14.3. The highest BCUT2D eigenvalue weighted by molar-refractivity contribution is 6.89. The summed E-state index contributed by atoms with van der Waals surface area (Å²) in [7, 11) is -3.18. The van der Waals surface area contributed by atoms with Crippen molar-refractivity contribution in [1.29, 1.82) is 10.5 Å². The molecule has 10 aromatic rings. The van der Waals surface area contributed by atoms with Crippen LogP contribution in [0, 0.1) is 22.7 Å². The second kappa shape index (κ2) is 16.7. The van der Waals surface area contributed by atoms with Gasteiger partial charge >= 0.3 is 0 Å². The zero-order chi connectivity index (χ0) is 45.7. The van der Waals surface area contributed by atoms with Gasteiger partial charge in [-0.1, -0.05) is 171 Å². The number of hydrogen-bond acceptors (Lipinski definition) is 4. The lowest BCUT2D eigenvalue weighted by Crippen LogP contribution is -2.37. The largest absolute Gasteiger partial charge is 0.309 e. The Labute approximate surface area is 390 Å². The molecule has 0 N–H and O–H groups in total. The van der Waals surface area contributed by atoms with Crippen LogP contribution < -0.4 is 20.2 Å². The van der Waals surface area contributed by atoms with E-state index in [2.05, 4.69) is 219 Å². The number of nitrogens with zero attached hydrogens (tertiary/aromatic N) is 4. The minimum absolute atomic E-state index is 0.618. The van der Waals surface area contributed by atoms with Gasteiger partial charge in [-0.05, 0) is 105 Å². The van der Waals surface area contributed by atoms with Crippen molar-refractivity contribution < 1.29 is 0 Å². The predicted molar refractivity (Wildman–Crippen MR) is 286 cm³/mol. The first-order valence-electron chi connectivity index (χ1n) is 22.6. The Balaban J connectivity index is 1.25. The average molecular weight is 883 g/mol. The fourth-order valence-electron chi connectivity index (χ4n) is 9.50. The van der Waals surface area contributed by atoms with Crippen LogP contribution in [0.3, 0.4) is 0 Å². The van der Waals surface area contributed by atoms with Crippen LogP contribution in [0.25, 0.3) is 54.6 Å². The third-order valence-corrected chi connectivity index (χ3v) is 17.1. The van der Waals surface area contributed by atoms with Crippen LogP contribution in [0.5, 0.6) is 0 Å². The van der Waals surface area contributed by atoms with Gasteiger partial charge in [0.05, 0.1) is 62.2 Å². The molecule has 0 amide bonds. The summed E-state index contributed by atoms with van der Waals surface area (Å²) in [5, 5.41) is 30.1. The smallest absolute Gasteiger partial charge is 0.0991 e. The van der Waals surface area contributed by atoms with Gasteiger partial charge < -0.3 is 9.80 Å². The third-order valence-electron chi connectivity index (χ3n) is 13.0. The number of hydrogen-bond donors (Lipinski definition) is 0. The molecule has 66 heavy (non-hydrogen) atoms. The van der Waals surface area contributed by atoms with Crippen LogP contribution in [0.4, 0.5) is 34.1 Å². The van der Waals surface area contributed by atoms with E-state index in [1.807, 2.05) is 36.4 Å². The number of benzene rings is 10. The van der Waals surface area contributed by atoms with Crippen molar-refractivity contribution in [3.05, 3.63) is 205 Å². The van der Waals surface area contributed by atoms with Gasteiger partial charge in [0.1, 0.15) is 0 Å². The summed E-state index contributed by atoms with van der Waals surface area (Å²) < 4.78 is 0. The maximum Gasteiger partial charge on any atom is 0.0991 e. The molecule has 0 bridgehead atoms. The second-order valence-electron chi connectivity index (χ2n) is 19.3. The molecule has 0 spiro atoms. The molecule has 10 rings (SSSR count). The van der Waals surface area contributed by atoms with Crippen LogP contribution in [0.15, 0.2) is 194 Å². The Hall–Kier alpha value is -7.75. The van der Waals surface area contributed by atoms with Gasteiger partial charge in [0.25, 0.3) is 0 Å². The van der Waals surface area contributed by atoms with Crippen LogP contribution >= 0.6 is 0 Å². The lowest BCUT2D eigenvalue weighted by atomic mass is 9.91. The zero-order valence-corrected chi connectivity index (χ0v) is 40.3. The van der Waals surface area contributed by atoms with Crippen molar-refractivity contribution in [1.82, 2.24) is 0 Å². The van der Waals surface area contributed by atoms with Crippen molar-refractivity contribution in [2.45, 2.75) is 39.3 Å². The molecule has 0 fully saturated rings. The third kappa shape index (κ3) is 7.61. The molecule has 0 saturated heterocycles. The molecule has 10 aromatic carbocycles. The molecule has 0 saturated carbocycles. The van der Waals surface area contributed by atoms with E-state index in [0.717, 1.165) is 77.9 Å². The Morgan fingerprint density at radius 1 is 0.364 bits per heavy atom. The normalized spacial score (nSPS) is 11.8. The van der Waals surface area contributed by atoms with E-state index in [0.29, 0.717) is 11.1 Å². The zero-order valence-electron chi connectivity index (χ0n) is 38.3. The molecule has 6 heteroatoms. The quantitative estimate of drug-likeness (QED) is 0.101. The van der Waals surface area contributed by atoms with E-state index in [4.69, 9.17) is 0 Å². The average Bonchev–Trinajstić information content (AvgIpc) is 3.34. The minimum atomic E-state index is -1.59. The maximum atomic E-state index is 10.2. The highest BCUT2D eigenvalue weighted by atomic mass is 28.3. The molecule has 318 valence electrons. The van der Waals surface area contributed by atoms with Crippen molar-refractivity contribution in [3.63, 3.8) is 0 Å². The van der Waals surface area contributed by atoms with Gasteiger partial charge in [-0.25, -0.2) is 0 Å². The molecule has 0 aliphatic heterocycles. The van der Waals surface area contributed by atoms with Gasteiger partial charge in [-0.2, -0.15) is 10.5 Å². The maximum absolute atomic E-state index is 10.2. The molecule has 0 radical (unpaired) electrons. The summed E-state index contributed by atoms with van der Waals surface area (Å²) in [4.78, 5) is 4.78. The SMILES string of the molecule is C[Si](C)(C)c1ccc(N(c2ccc(C#N)cc2-c2ccccc2)c2ccc3ccc4c(N(c5ccc([Si](C)(C)C)cc5)c5ccc(C#N)cc5-c5ccccc5)ccc5ccc2c3c54)cc1. The summed E-state index contributed by atoms with van der Waals surface area (Å²) in [5.74, 6) is 0. The first-order chi connectivity index (χ1) is 31.9. The molecule has 0 atom stereocenters. The topological polar surface area (TPSA) is 54.1 Å². The fourth-order valence-corrected chi connectivity index (χ4v) is 11.8. The summed E-state index contributed by atoms with van der Waals surface area (Å²) in [6.07, 6.45) is 0. The number of anilines is 6. The summed E-state index contributed by atoms with van der Waals surface area (Å²) in [5.41, 5.74) is 11.5. The van der Waals surface area contributed by atoms with Gasteiger partial charge in [-0.3, -0.25) is 0 Å². The Morgan fingerprint density at radius 3 is 1.06 bits per heavy atom. The summed E-state index contributed by atoms with van der Waals surface area (Å²) in [6, 6.07) is 74.2. The van der Waals surface area contributed by atoms with E-state index in [1.165, 1.54) is 21.1 Å². The molecular formula is C60H50N4Si2. The molecule has 0 aliphatic carbocycles. The first-order valence-corrected chi connectivity index (χ1v) is 29.6. The van der Waals surface area contributed by atoms with Gasteiger partial charge in [-0.15, -0.1) is 0 Å². The van der Waals surface area contributed by atoms with E-state index < -0.39 is 16.1 Å². The molecule has 4 nitrogen and oxygen atoms in total. The van der Waals surface area contributed by atoms with Crippen molar-refractivity contribution in [2.24, 2.45) is 0 Å². The molecule has 0 aliphatic rings. The van der Waals surface area contributed by atoms with Crippen LogP contribution in [0.2, 0.25) is 39.3 Å². The molecular weight excluding hydrogens is 833 g/mol. The van der Waals surface area contributed by atoms with Crippen LogP contribution in [-0.4, -0.2) is 16.1 Å². The van der Waals surface area contributed by atoms with E-state index in [9.17, 15) is 10.5 Å². The lowest BCUT2D eigenvalue weighted by Gasteiger charge is -2.31.